The molecule has 0 atom stereocenters. The molecular formula is C16H24N2O3. The van der Waals surface area contributed by atoms with Gasteiger partial charge < -0.3 is 18.9 Å². The molecule has 3 rings (SSSR count). The summed E-state index contributed by atoms with van der Waals surface area (Å²) >= 11 is 0. The smallest absolute Gasteiger partial charge is 0.255 e. The van der Waals surface area contributed by atoms with E-state index in [1.807, 2.05) is 23.4 Å². The van der Waals surface area contributed by atoms with Gasteiger partial charge in [0, 0.05) is 43.9 Å². The second-order valence-corrected chi connectivity index (χ2v) is 6.88. The van der Waals surface area contributed by atoms with Crippen LogP contribution < -0.4 is 0 Å². The molecule has 2 fully saturated rings. The van der Waals surface area contributed by atoms with Gasteiger partial charge in [-0.05, 0) is 26.8 Å². The minimum atomic E-state index is -0.422. The van der Waals surface area contributed by atoms with E-state index >= 15 is 0 Å². The second-order valence-electron chi connectivity index (χ2n) is 6.88. The van der Waals surface area contributed by atoms with Gasteiger partial charge in [0.2, 0.25) is 0 Å². The first-order chi connectivity index (χ1) is 9.90. The number of hydrogen-bond acceptors (Lipinski definition) is 3. The van der Waals surface area contributed by atoms with Crippen molar-refractivity contribution in [3.05, 3.63) is 24.0 Å². The number of carbonyl (C=O) groups is 1. The van der Waals surface area contributed by atoms with Crippen LogP contribution in [0.1, 0.15) is 44.0 Å². The number of aromatic nitrogens is 1. The van der Waals surface area contributed by atoms with Gasteiger partial charge in [0.15, 0.2) is 5.79 Å². The number of rotatable bonds is 1. The fraction of sp³-hybridized carbons (Fsp3) is 0.688. The molecule has 116 valence electrons. The quantitative estimate of drug-likeness (QED) is 0.797. The van der Waals surface area contributed by atoms with E-state index in [1.54, 1.807) is 0 Å². The van der Waals surface area contributed by atoms with E-state index < -0.39 is 5.79 Å². The molecular weight excluding hydrogens is 268 g/mol. The summed E-state index contributed by atoms with van der Waals surface area (Å²) in [5, 5.41) is 0. The number of amides is 1. The molecule has 0 bridgehead atoms. The lowest BCUT2D eigenvalue weighted by molar-refractivity contribution is -0.181. The molecule has 2 aliphatic rings. The first-order valence-corrected chi connectivity index (χ1v) is 7.65. The largest absolute Gasteiger partial charge is 0.348 e. The Hall–Kier alpha value is -1.33. The van der Waals surface area contributed by atoms with Crippen molar-refractivity contribution in [3.63, 3.8) is 0 Å². The molecule has 0 saturated carbocycles. The molecule has 0 radical (unpaired) electrons. The van der Waals surface area contributed by atoms with Crippen molar-refractivity contribution in [2.24, 2.45) is 0 Å². The standard InChI is InChI=1S/C16H24N2O3/c1-15(2,3)18-7-4-13(12-18)14(19)17-8-5-16(6-9-17)20-10-11-21-16/h4,7,12H,5-6,8-11H2,1-3H3. The normalized spacial score (nSPS) is 22.0. The highest BCUT2D eigenvalue weighted by atomic mass is 16.7. The van der Waals surface area contributed by atoms with Crippen molar-refractivity contribution in [1.82, 2.24) is 9.47 Å². The van der Waals surface area contributed by atoms with E-state index in [1.165, 1.54) is 0 Å². The first-order valence-electron chi connectivity index (χ1n) is 7.65. The van der Waals surface area contributed by atoms with Gasteiger partial charge in [-0.3, -0.25) is 4.79 Å². The summed E-state index contributed by atoms with van der Waals surface area (Å²) in [6.07, 6.45) is 5.44. The average Bonchev–Trinajstić information content (AvgIpc) is 3.08. The Morgan fingerprint density at radius 1 is 1.19 bits per heavy atom. The maximum Gasteiger partial charge on any atom is 0.255 e. The van der Waals surface area contributed by atoms with Crippen molar-refractivity contribution >= 4 is 5.91 Å². The number of carbonyl (C=O) groups excluding carboxylic acids is 1. The molecule has 2 aliphatic heterocycles. The summed E-state index contributed by atoms with van der Waals surface area (Å²) in [5.41, 5.74) is 0.755. The van der Waals surface area contributed by atoms with Crippen LogP contribution >= 0.6 is 0 Å². The van der Waals surface area contributed by atoms with Crippen LogP contribution in [0, 0.1) is 0 Å². The molecule has 5 heteroatoms. The average molecular weight is 292 g/mol. The van der Waals surface area contributed by atoms with Crippen molar-refractivity contribution in [1.29, 1.82) is 0 Å². The zero-order valence-electron chi connectivity index (χ0n) is 13.1. The van der Waals surface area contributed by atoms with Crippen LogP contribution in [0.25, 0.3) is 0 Å². The van der Waals surface area contributed by atoms with E-state index in [4.69, 9.17) is 9.47 Å². The van der Waals surface area contributed by atoms with Gasteiger partial charge >= 0.3 is 0 Å². The van der Waals surface area contributed by atoms with Gasteiger partial charge in [0.1, 0.15) is 0 Å². The zero-order chi connectivity index (χ0) is 15.1. The summed E-state index contributed by atoms with van der Waals surface area (Å²) in [6.45, 7) is 9.10. The second kappa shape index (κ2) is 5.14. The van der Waals surface area contributed by atoms with E-state index in [0.717, 1.165) is 18.4 Å². The fourth-order valence-corrected chi connectivity index (χ4v) is 2.96. The molecule has 1 aromatic rings. The first kappa shape index (κ1) is 14.6. The molecule has 0 aromatic carbocycles. The Morgan fingerprint density at radius 2 is 1.81 bits per heavy atom. The fourth-order valence-electron chi connectivity index (χ4n) is 2.96. The van der Waals surface area contributed by atoms with Gasteiger partial charge in [-0.15, -0.1) is 0 Å². The molecule has 0 aliphatic carbocycles. The third-order valence-electron chi connectivity index (χ3n) is 4.34. The van der Waals surface area contributed by atoms with Crippen LogP contribution in [0.15, 0.2) is 18.5 Å². The van der Waals surface area contributed by atoms with Crippen LogP contribution in [0.5, 0.6) is 0 Å². The summed E-state index contributed by atoms with van der Waals surface area (Å²) < 4.78 is 13.5. The van der Waals surface area contributed by atoms with Crippen LogP contribution in [0.3, 0.4) is 0 Å². The number of piperidine rings is 1. The zero-order valence-corrected chi connectivity index (χ0v) is 13.1. The maximum atomic E-state index is 12.6. The highest BCUT2D eigenvalue weighted by Crippen LogP contribution is 2.31. The van der Waals surface area contributed by atoms with Crippen LogP contribution in [-0.2, 0) is 15.0 Å². The number of likely N-dealkylation sites (tertiary alicyclic amines) is 1. The Morgan fingerprint density at radius 3 is 2.33 bits per heavy atom. The lowest BCUT2D eigenvalue weighted by Crippen LogP contribution is -2.47. The van der Waals surface area contributed by atoms with Gasteiger partial charge in [-0.1, -0.05) is 0 Å². The highest BCUT2D eigenvalue weighted by Gasteiger charge is 2.40. The van der Waals surface area contributed by atoms with Crippen molar-refractivity contribution < 1.29 is 14.3 Å². The van der Waals surface area contributed by atoms with Gasteiger partial charge in [-0.2, -0.15) is 0 Å². The molecule has 0 N–H and O–H groups in total. The third kappa shape index (κ3) is 2.85. The third-order valence-corrected chi connectivity index (χ3v) is 4.34. The number of ether oxygens (including phenoxy) is 2. The molecule has 21 heavy (non-hydrogen) atoms. The molecule has 1 aromatic heterocycles. The SMILES string of the molecule is CC(C)(C)n1ccc(C(=O)N2CCC3(CC2)OCCO3)c1. The van der Waals surface area contributed by atoms with Gasteiger partial charge in [0.05, 0.1) is 18.8 Å². The van der Waals surface area contributed by atoms with Gasteiger partial charge in [-0.25, -0.2) is 0 Å². The summed E-state index contributed by atoms with van der Waals surface area (Å²) in [7, 11) is 0. The molecule has 3 heterocycles. The predicted octanol–water partition coefficient (Wildman–Crippen LogP) is 2.22. The molecule has 0 unspecified atom stereocenters. The van der Waals surface area contributed by atoms with Crippen molar-refractivity contribution in [3.8, 4) is 0 Å². The summed E-state index contributed by atoms with van der Waals surface area (Å²) in [4.78, 5) is 14.5. The molecule has 2 saturated heterocycles. The molecule has 1 spiro atoms. The Balaban J connectivity index is 1.65. The van der Waals surface area contributed by atoms with E-state index in [0.29, 0.717) is 26.3 Å². The van der Waals surface area contributed by atoms with E-state index in [-0.39, 0.29) is 11.4 Å². The van der Waals surface area contributed by atoms with Crippen LogP contribution in [0.2, 0.25) is 0 Å². The molecule has 5 nitrogen and oxygen atoms in total. The van der Waals surface area contributed by atoms with E-state index in [9.17, 15) is 4.79 Å². The Bertz CT molecular complexity index is 514. The predicted molar refractivity (Wildman–Crippen MR) is 79.2 cm³/mol. The topological polar surface area (TPSA) is 43.7 Å². The van der Waals surface area contributed by atoms with Crippen LogP contribution in [0.4, 0.5) is 0 Å². The van der Waals surface area contributed by atoms with E-state index in [2.05, 4.69) is 25.3 Å². The Kier molecular flexibility index (Phi) is 3.58. The highest BCUT2D eigenvalue weighted by molar-refractivity contribution is 5.94. The monoisotopic (exact) mass is 292 g/mol. The summed E-state index contributed by atoms with van der Waals surface area (Å²) in [5.74, 6) is -0.320. The number of hydrogen-bond donors (Lipinski definition) is 0. The summed E-state index contributed by atoms with van der Waals surface area (Å²) in [6, 6.07) is 1.90. The number of nitrogens with zero attached hydrogens (tertiary/aromatic N) is 2. The maximum absolute atomic E-state index is 12.6. The minimum absolute atomic E-state index is 0.00395. The van der Waals surface area contributed by atoms with Crippen molar-refractivity contribution in [2.75, 3.05) is 26.3 Å². The van der Waals surface area contributed by atoms with Crippen LogP contribution in [-0.4, -0.2) is 47.5 Å². The Labute approximate surface area is 125 Å². The lowest BCUT2D eigenvalue weighted by atomic mass is 10.0. The molecule has 1 amide bonds. The van der Waals surface area contributed by atoms with Crippen molar-refractivity contribution in [2.45, 2.75) is 44.9 Å². The minimum Gasteiger partial charge on any atom is -0.348 e. The lowest BCUT2D eigenvalue weighted by Gasteiger charge is -2.37. The van der Waals surface area contributed by atoms with Gasteiger partial charge in [0.25, 0.3) is 5.91 Å².